The van der Waals surface area contributed by atoms with Crippen LogP contribution in [-0.2, 0) is 6.42 Å². The van der Waals surface area contributed by atoms with Crippen molar-refractivity contribution in [1.29, 1.82) is 0 Å². The number of likely N-dealkylation sites (N-methyl/N-ethyl adjacent to an activating group) is 1. The van der Waals surface area contributed by atoms with Gasteiger partial charge in [-0.2, -0.15) is 0 Å². The van der Waals surface area contributed by atoms with Crippen molar-refractivity contribution >= 4 is 33.2 Å². The number of nitrogen functional groups attached to an aromatic ring is 1. The van der Waals surface area contributed by atoms with Crippen LogP contribution in [0.5, 0.6) is 0 Å². The average molecular weight is 474 g/mol. The zero-order valence-corrected chi connectivity index (χ0v) is 19.5. The fraction of sp³-hybridized carbons (Fsp3) is 0.435. The predicted octanol–water partition coefficient (Wildman–Crippen LogP) is 2.69. The molecule has 2 aromatic rings. The number of anilines is 2. The van der Waals surface area contributed by atoms with E-state index in [4.69, 9.17) is 5.73 Å². The Labute approximate surface area is 188 Å². The largest absolute Gasteiger partial charge is 0.397 e. The molecule has 0 saturated carbocycles. The molecule has 30 heavy (non-hydrogen) atoms. The minimum Gasteiger partial charge on any atom is -0.397 e. The third kappa shape index (κ3) is 6.45. The number of piperazine rings is 1. The predicted molar refractivity (Wildman–Crippen MR) is 128 cm³/mol. The summed E-state index contributed by atoms with van der Waals surface area (Å²) in [6.45, 7) is 6.74. The second-order valence-electron chi connectivity index (χ2n) is 8.04. The molecule has 162 valence electrons. The van der Waals surface area contributed by atoms with Gasteiger partial charge in [0.15, 0.2) is 0 Å². The third-order valence-electron chi connectivity index (χ3n) is 5.48. The lowest BCUT2D eigenvalue weighted by molar-refractivity contribution is 0.0954. The highest BCUT2D eigenvalue weighted by atomic mass is 79.9. The summed E-state index contributed by atoms with van der Waals surface area (Å²) in [5.41, 5.74) is 9.80. The van der Waals surface area contributed by atoms with Crippen LogP contribution in [-0.4, -0.2) is 75.6 Å². The van der Waals surface area contributed by atoms with Crippen molar-refractivity contribution in [2.45, 2.75) is 6.42 Å². The highest BCUT2D eigenvalue weighted by molar-refractivity contribution is 9.10. The molecule has 3 rings (SSSR count). The van der Waals surface area contributed by atoms with E-state index in [0.29, 0.717) is 17.8 Å². The van der Waals surface area contributed by atoms with E-state index in [9.17, 15) is 4.79 Å². The fourth-order valence-electron chi connectivity index (χ4n) is 3.61. The van der Waals surface area contributed by atoms with Crippen LogP contribution >= 0.6 is 15.9 Å². The maximum absolute atomic E-state index is 12.5. The van der Waals surface area contributed by atoms with Crippen molar-refractivity contribution in [3.05, 3.63) is 58.1 Å². The molecule has 1 heterocycles. The lowest BCUT2D eigenvalue weighted by Crippen LogP contribution is -2.48. The minimum absolute atomic E-state index is 0.0844. The third-order valence-corrected chi connectivity index (χ3v) is 6.01. The molecule has 7 heteroatoms. The van der Waals surface area contributed by atoms with Gasteiger partial charge in [0.1, 0.15) is 0 Å². The van der Waals surface area contributed by atoms with Gasteiger partial charge in [-0.15, -0.1) is 0 Å². The van der Waals surface area contributed by atoms with Gasteiger partial charge >= 0.3 is 0 Å². The van der Waals surface area contributed by atoms with Crippen LogP contribution in [0.4, 0.5) is 11.4 Å². The summed E-state index contributed by atoms with van der Waals surface area (Å²) in [5.74, 6) is -0.0844. The van der Waals surface area contributed by atoms with E-state index in [-0.39, 0.29) is 5.91 Å². The van der Waals surface area contributed by atoms with Gasteiger partial charge in [0.2, 0.25) is 0 Å². The summed E-state index contributed by atoms with van der Waals surface area (Å²) >= 11 is 3.43. The number of hydrogen-bond donors (Lipinski definition) is 2. The molecular weight excluding hydrogens is 442 g/mol. The van der Waals surface area contributed by atoms with Crippen molar-refractivity contribution < 1.29 is 4.79 Å². The van der Waals surface area contributed by atoms with Crippen LogP contribution in [0.1, 0.15) is 15.9 Å². The zero-order chi connectivity index (χ0) is 21.5. The Kier molecular flexibility index (Phi) is 8.13. The molecule has 0 spiro atoms. The van der Waals surface area contributed by atoms with Crippen molar-refractivity contribution in [2.24, 2.45) is 0 Å². The molecule has 6 nitrogen and oxygen atoms in total. The number of nitrogens with two attached hydrogens (primary N) is 1. The van der Waals surface area contributed by atoms with Gasteiger partial charge in [-0.3, -0.25) is 9.69 Å². The van der Waals surface area contributed by atoms with Gasteiger partial charge in [-0.25, -0.2) is 0 Å². The van der Waals surface area contributed by atoms with E-state index >= 15 is 0 Å². The van der Waals surface area contributed by atoms with E-state index in [1.165, 1.54) is 5.56 Å². The number of benzene rings is 2. The van der Waals surface area contributed by atoms with Crippen LogP contribution in [0.15, 0.2) is 46.9 Å². The maximum atomic E-state index is 12.5. The lowest BCUT2D eigenvalue weighted by atomic mass is 10.1. The highest BCUT2D eigenvalue weighted by Gasteiger charge is 2.19. The van der Waals surface area contributed by atoms with Crippen molar-refractivity contribution in [1.82, 2.24) is 15.1 Å². The Bertz CT molecular complexity index is 832. The summed E-state index contributed by atoms with van der Waals surface area (Å²) in [6, 6.07) is 13.8. The molecule has 1 amide bonds. The molecule has 1 aliphatic heterocycles. The Hall–Kier alpha value is -2.09. The number of carbonyl (C=O) groups excluding carboxylic acids is 1. The van der Waals surface area contributed by atoms with Crippen molar-refractivity contribution in [2.75, 3.05) is 70.5 Å². The van der Waals surface area contributed by atoms with E-state index < -0.39 is 0 Å². The highest BCUT2D eigenvalue weighted by Crippen LogP contribution is 2.25. The Morgan fingerprint density at radius 2 is 1.80 bits per heavy atom. The first-order valence-electron chi connectivity index (χ1n) is 10.5. The SMILES string of the molecule is CN(C)CCN1CCN(c2ccc(C(=O)NCCc3ccc(Br)cc3)cc2N)CC1. The van der Waals surface area contributed by atoms with E-state index in [1.54, 1.807) is 6.07 Å². The normalized spacial score (nSPS) is 14.9. The first-order valence-corrected chi connectivity index (χ1v) is 11.3. The molecule has 0 aliphatic carbocycles. The number of amides is 1. The quantitative estimate of drug-likeness (QED) is 0.577. The molecule has 1 saturated heterocycles. The second-order valence-corrected chi connectivity index (χ2v) is 8.95. The molecular formula is C23H32BrN5O. The standard InChI is InChI=1S/C23H32BrN5O/c1-27(2)11-12-28-13-15-29(16-14-28)22-8-5-19(17-21(22)25)23(30)26-10-9-18-3-6-20(24)7-4-18/h3-8,17H,9-16,25H2,1-2H3,(H,26,30). The van der Waals surface area contributed by atoms with Crippen LogP contribution in [0.3, 0.4) is 0 Å². The lowest BCUT2D eigenvalue weighted by Gasteiger charge is -2.37. The molecule has 0 atom stereocenters. The first kappa shape index (κ1) is 22.6. The summed E-state index contributed by atoms with van der Waals surface area (Å²) in [7, 11) is 4.21. The van der Waals surface area contributed by atoms with E-state index in [2.05, 4.69) is 62.2 Å². The monoisotopic (exact) mass is 473 g/mol. The number of nitrogens with one attached hydrogen (secondary N) is 1. The van der Waals surface area contributed by atoms with Crippen LogP contribution in [0.25, 0.3) is 0 Å². The molecule has 0 radical (unpaired) electrons. The first-order chi connectivity index (χ1) is 14.4. The number of nitrogens with zero attached hydrogens (tertiary/aromatic N) is 3. The number of rotatable bonds is 8. The van der Waals surface area contributed by atoms with Gasteiger partial charge in [0, 0.05) is 55.8 Å². The molecule has 3 N–H and O–H groups in total. The molecule has 0 bridgehead atoms. The summed E-state index contributed by atoms with van der Waals surface area (Å²) in [6.07, 6.45) is 0.796. The summed E-state index contributed by atoms with van der Waals surface area (Å²) in [4.78, 5) is 19.5. The van der Waals surface area contributed by atoms with Crippen molar-refractivity contribution in [3.63, 3.8) is 0 Å². The minimum atomic E-state index is -0.0844. The van der Waals surface area contributed by atoms with Gasteiger partial charge in [-0.1, -0.05) is 28.1 Å². The number of hydrogen-bond acceptors (Lipinski definition) is 5. The summed E-state index contributed by atoms with van der Waals surface area (Å²) in [5, 5.41) is 2.99. The fourth-order valence-corrected chi connectivity index (χ4v) is 3.88. The van der Waals surface area contributed by atoms with Crippen molar-refractivity contribution in [3.8, 4) is 0 Å². The zero-order valence-electron chi connectivity index (χ0n) is 17.9. The smallest absolute Gasteiger partial charge is 0.251 e. The van der Waals surface area contributed by atoms with Gasteiger partial charge in [0.25, 0.3) is 5.91 Å². The van der Waals surface area contributed by atoms with Gasteiger partial charge < -0.3 is 20.9 Å². The van der Waals surface area contributed by atoms with Gasteiger partial charge in [0.05, 0.1) is 11.4 Å². The topological polar surface area (TPSA) is 64.8 Å². The maximum Gasteiger partial charge on any atom is 0.251 e. The van der Waals surface area contributed by atoms with Crippen LogP contribution in [0, 0.1) is 0 Å². The Morgan fingerprint density at radius 1 is 1.10 bits per heavy atom. The number of halogens is 1. The Morgan fingerprint density at radius 3 is 2.43 bits per heavy atom. The molecule has 1 fully saturated rings. The van der Waals surface area contributed by atoms with Gasteiger partial charge in [-0.05, 0) is 56.4 Å². The summed E-state index contributed by atoms with van der Waals surface area (Å²) < 4.78 is 1.06. The average Bonchev–Trinajstić information content (AvgIpc) is 2.74. The molecule has 2 aromatic carbocycles. The second kappa shape index (κ2) is 10.8. The van der Waals surface area contributed by atoms with E-state index in [1.807, 2.05) is 24.3 Å². The van der Waals surface area contributed by atoms with Crippen LogP contribution < -0.4 is 16.0 Å². The Balaban J connectivity index is 1.49. The molecule has 1 aliphatic rings. The number of carbonyl (C=O) groups is 1. The molecule has 0 aromatic heterocycles. The molecule has 0 unspecified atom stereocenters. The van der Waals surface area contributed by atoms with E-state index in [0.717, 1.165) is 55.8 Å². The van der Waals surface area contributed by atoms with Crippen LogP contribution in [0.2, 0.25) is 0 Å².